The van der Waals surface area contributed by atoms with Crippen molar-refractivity contribution in [3.05, 3.63) is 0 Å². The molecule has 3 saturated heterocycles. The summed E-state index contributed by atoms with van der Waals surface area (Å²) in [6.45, 7) is 2.37. The van der Waals surface area contributed by atoms with Crippen molar-refractivity contribution in [1.29, 1.82) is 0 Å². The van der Waals surface area contributed by atoms with Gasteiger partial charge in [0, 0.05) is 13.1 Å². The number of hydrogen-bond donors (Lipinski definition) is 3. The fourth-order valence-corrected chi connectivity index (χ4v) is 3.86. The first-order valence-corrected chi connectivity index (χ1v) is 9.61. The van der Waals surface area contributed by atoms with Crippen molar-refractivity contribution >= 4 is 22.3 Å². The topological polar surface area (TPSA) is 138 Å². The van der Waals surface area contributed by atoms with Crippen LogP contribution < -0.4 is 10.8 Å². The lowest BCUT2D eigenvalue weighted by Crippen LogP contribution is -2.50. The average Bonchev–Trinajstić information content (AvgIpc) is 2.79. The highest BCUT2D eigenvalue weighted by Crippen LogP contribution is 2.30. The molecule has 142 valence electrons. The van der Waals surface area contributed by atoms with Crippen LogP contribution in [0, 0.1) is 5.92 Å². The smallest absolute Gasteiger partial charge is 0.316 e. The van der Waals surface area contributed by atoms with Crippen LogP contribution in [0.2, 0.25) is 0 Å². The Bertz CT molecular complexity index is 622. The maximum Gasteiger partial charge on any atom is 0.418 e. The third-order valence-electron chi connectivity index (χ3n) is 4.69. The Hall–Kier alpha value is -1.47. The molecular weight excluding hydrogens is 356 g/mol. The van der Waals surface area contributed by atoms with Crippen LogP contribution in [-0.2, 0) is 24.3 Å². The highest BCUT2D eigenvalue weighted by Gasteiger charge is 2.49. The average molecular weight is 378 g/mol. The molecular formula is C13H22N4O7S. The standard InChI is InChI=1S/C13H22N4O7S/c18-12(15-23-8-9-2-1-5-14-6-9)11-4-3-10-7-16(11)13(19)17(10)24-25(20,21)22/h9-11,14H,1-8H2,(H,15,18)(H,20,21,22)/t9-,10-,11+/m1/s1. The van der Waals surface area contributed by atoms with Gasteiger partial charge in [0.2, 0.25) is 0 Å². The number of fused-ring (bicyclic) bond motifs is 2. The molecule has 0 aromatic rings. The second kappa shape index (κ2) is 7.41. The van der Waals surface area contributed by atoms with Crippen molar-refractivity contribution < 1.29 is 31.7 Å². The Kier molecular flexibility index (Phi) is 5.43. The summed E-state index contributed by atoms with van der Waals surface area (Å²) in [5.41, 5.74) is 2.38. The van der Waals surface area contributed by atoms with Gasteiger partial charge < -0.3 is 10.2 Å². The number of carbonyl (C=O) groups is 2. The number of urea groups is 1. The maximum atomic E-state index is 12.3. The maximum absolute atomic E-state index is 12.3. The molecule has 3 aliphatic heterocycles. The van der Waals surface area contributed by atoms with E-state index < -0.39 is 34.4 Å². The quantitative estimate of drug-likeness (QED) is 0.397. The van der Waals surface area contributed by atoms with Gasteiger partial charge in [-0.2, -0.15) is 13.5 Å². The van der Waals surface area contributed by atoms with Crippen LogP contribution in [0.4, 0.5) is 4.79 Å². The number of rotatable bonds is 6. The molecule has 3 aliphatic rings. The molecule has 0 saturated carbocycles. The van der Waals surface area contributed by atoms with Crippen LogP contribution in [0.25, 0.3) is 0 Å². The zero-order valence-electron chi connectivity index (χ0n) is 13.6. The van der Waals surface area contributed by atoms with Crippen molar-refractivity contribution in [2.45, 2.75) is 37.8 Å². The van der Waals surface area contributed by atoms with E-state index in [9.17, 15) is 18.0 Å². The second-order valence-corrected chi connectivity index (χ2v) is 7.50. The fourth-order valence-electron chi connectivity index (χ4n) is 3.47. The van der Waals surface area contributed by atoms with E-state index in [1.54, 1.807) is 0 Å². The Morgan fingerprint density at radius 2 is 2.16 bits per heavy atom. The normalized spacial score (nSPS) is 29.8. The van der Waals surface area contributed by atoms with Crippen LogP contribution in [0.3, 0.4) is 0 Å². The highest BCUT2D eigenvalue weighted by molar-refractivity contribution is 7.80. The van der Waals surface area contributed by atoms with Gasteiger partial charge in [-0.3, -0.25) is 14.2 Å². The Morgan fingerprint density at radius 1 is 1.36 bits per heavy atom. The number of nitrogens with zero attached hydrogens (tertiary/aromatic N) is 2. The van der Waals surface area contributed by atoms with Gasteiger partial charge in [0.05, 0.1) is 12.6 Å². The third kappa shape index (κ3) is 4.39. The molecule has 3 N–H and O–H groups in total. The highest BCUT2D eigenvalue weighted by atomic mass is 32.3. The molecule has 3 heterocycles. The number of nitrogens with one attached hydrogen (secondary N) is 2. The Balaban J connectivity index is 1.51. The van der Waals surface area contributed by atoms with Crippen molar-refractivity contribution in [3.8, 4) is 0 Å². The van der Waals surface area contributed by atoms with Crippen molar-refractivity contribution in [2.24, 2.45) is 5.92 Å². The minimum Gasteiger partial charge on any atom is -0.316 e. The molecule has 0 unspecified atom stereocenters. The van der Waals surface area contributed by atoms with Crippen LogP contribution in [0.5, 0.6) is 0 Å². The van der Waals surface area contributed by atoms with Crippen molar-refractivity contribution in [1.82, 2.24) is 20.8 Å². The van der Waals surface area contributed by atoms with Crippen LogP contribution in [0.15, 0.2) is 0 Å². The SMILES string of the molecule is O=C(NOC[C@@H]1CCCNC1)[C@@H]1CC[C@@H]2CN1C(=O)N2OS(=O)(=O)O. The zero-order chi connectivity index (χ0) is 18.0. The number of carbonyl (C=O) groups excluding carboxylic acids is 2. The van der Waals surface area contributed by atoms with E-state index >= 15 is 0 Å². The van der Waals surface area contributed by atoms with E-state index in [1.165, 1.54) is 4.90 Å². The van der Waals surface area contributed by atoms with Crippen LogP contribution in [0.1, 0.15) is 25.7 Å². The molecule has 3 fully saturated rings. The molecule has 0 aromatic carbocycles. The van der Waals surface area contributed by atoms with E-state index in [-0.39, 0.29) is 6.54 Å². The summed E-state index contributed by atoms with van der Waals surface area (Å²) in [5, 5.41) is 3.86. The van der Waals surface area contributed by atoms with Crippen LogP contribution >= 0.6 is 0 Å². The van der Waals surface area contributed by atoms with Gasteiger partial charge in [0.1, 0.15) is 6.04 Å². The van der Waals surface area contributed by atoms with Gasteiger partial charge in [-0.05, 0) is 38.1 Å². The number of amides is 3. The predicted molar refractivity (Wildman–Crippen MR) is 83.1 cm³/mol. The van der Waals surface area contributed by atoms with Gasteiger partial charge in [-0.25, -0.2) is 10.3 Å². The largest absolute Gasteiger partial charge is 0.418 e. The zero-order valence-corrected chi connectivity index (χ0v) is 14.4. The Morgan fingerprint density at radius 3 is 2.84 bits per heavy atom. The molecule has 0 aliphatic carbocycles. The lowest BCUT2D eigenvalue weighted by molar-refractivity contribution is -0.140. The third-order valence-corrected chi connectivity index (χ3v) is 5.04. The summed E-state index contributed by atoms with van der Waals surface area (Å²) in [7, 11) is -4.80. The van der Waals surface area contributed by atoms with Gasteiger partial charge in [-0.15, -0.1) is 4.28 Å². The summed E-state index contributed by atoms with van der Waals surface area (Å²) in [5.74, 6) is -0.124. The van der Waals surface area contributed by atoms with E-state index in [2.05, 4.69) is 15.1 Å². The lowest BCUT2D eigenvalue weighted by atomic mass is 10.0. The summed E-state index contributed by atoms with van der Waals surface area (Å²) in [4.78, 5) is 31.0. The number of hydroxylamine groups is 3. The lowest BCUT2D eigenvalue weighted by Gasteiger charge is -2.29. The summed E-state index contributed by atoms with van der Waals surface area (Å²) < 4.78 is 34.8. The predicted octanol–water partition coefficient (Wildman–Crippen LogP) is -0.963. The van der Waals surface area contributed by atoms with E-state index in [1.807, 2.05) is 0 Å². The molecule has 11 nitrogen and oxygen atoms in total. The summed E-state index contributed by atoms with van der Waals surface area (Å²) >= 11 is 0. The first-order valence-electron chi connectivity index (χ1n) is 8.24. The molecule has 0 radical (unpaired) electrons. The van der Waals surface area contributed by atoms with E-state index in [0.717, 1.165) is 25.9 Å². The van der Waals surface area contributed by atoms with E-state index in [4.69, 9.17) is 9.39 Å². The summed E-state index contributed by atoms with van der Waals surface area (Å²) in [6, 6.07) is -2.05. The van der Waals surface area contributed by atoms with Crippen molar-refractivity contribution in [2.75, 3.05) is 26.2 Å². The van der Waals surface area contributed by atoms with Gasteiger partial charge in [-0.1, -0.05) is 0 Å². The molecule has 3 amide bonds. The van der Waals surface area contributed by atoms with Crippen molar-refractivity contribution in [3.63, 3.8) is 0 Å². The van der Waals surface area contributed by atoms with Gasteiger partial charge >= 0.3 is 16.4 Å². The Labute approximate surface area is 145 Å². The monoisotopic (exact) mass is 378 g/mol. The van der Waals surface area contributed by atoms with Gasteiger partial charge in [0.15, 0.2) is 0 Å². The second-order valence-electron chi connectivity index (χ2n) is 6.50. The first-order chi connectivity index (χ1) is 11.8. The minimum absolute atomic E-state index is 0.152. The number of piperidine rings is 2. The van der Waals surface area contributed by atoms with Crippen LogP contribution in [-0.4, -0.2) is 73.2 Å². The number of hydrogen-bond acceptors (Lipinski definition) is 7. The molecule has 25 heavy (non-hydrogen) atoms. The molecule has 3 atom stereocenters. The summed E-state index contributed by atoms with van der Waals surface area (Å²) in [6.07, 6.45) is 2.82. The van der Waals surface area contributed by atoms with E-state index in [0.29, 0.717) is 30.4 Å². The minimum atomic E-state index is -4.80. The molecule has 0 spiro atoms. The first kappa shape index (κ1) is 18.3. The molecule has 0 aromatic heterocycles. The molecule has 3 rings (SSSR count). The molecule has 12 heteroatoms. The fraction of sp³-hybridized carbons (Fsp3) is 0.846. The van der Waals surface area contributed by atoms with Gasteiger partial charge in [0.25, 0.3) is 5.91 Å². The molecule has 2 bridgehead atoms.